The molecule has 22 heavy (non-hydrogen) atoms. The van der Waals surface area contributed by atoms with Crippen molar-refractivity contribution in [2.24, 2.45) is 0 Å². The van der Waals surface area contributed by atoms with Gasteiger partial charge < -0.3 is 9.30 Å². The van der Waals surface area contributed by atoms with Crippen LogP contribution >= 0.6 is 11.3 Å². The number of carbonyl (C=O) groups is 1. The van der Waals surface area contributed by atoms with E-state index in [2.05, 4.69) is 20.5 Å². The smallest absolute Gasteiger partial charge is 0.255 e. The van der Waals surface area contributed by atoms with E-state index in [1.165, 1.54) is 24.2 Å². The highest BCUT2D eigenvalue weighted by molar-refractivity contribution is 7.15. The van der Waals surface area contributed by atoms with Gasteiger partial charge in [-0.05, 0) is 25.7 Å². The van der Waals surface area contributed by atoms with Gasteiger partial charge in [-0.2, -0.15) is 0 Å². The maximum Gasteiger partial charge on any atom is 0.255 e. The Bertz CT molecular complexity index is 652. The van der Waals surface area contributed by atoms with Gasteiger partial charge in [0.1, 0.15) is 11.1 Å². The molecule has 0 spiro atoms. The van der Waals surface area contributed by atoms with Crippen LogP contribution in [0.4, 0.5) is 5.13 Å². The zero-order valence-corrected chi connectivity index (χ0v) is 12.8. The molecule has 4 rings (SSSR count). The van der Waals surface area contributed by atoms with E-state index >= 15 is 0 Å². The molecule has 3 heterocycles. The van der Waals surface area contributed by atoms with Gasteiger partial charge in [0.2, 0.25) is 5.13 Å². The van der Waals surface area contributed by atoms with Crippen LogP contribution in [0.15, 0.2) is 18.7 Å². The molecule has 0 unspecified atom stereocenters. The first-order valence-corrected chi connectivity index (χ1v) is 8.35. The lowest BCUT2D eigenvalue weighted by molar-refractivity contribution is -0.126. The Morgan fingerprint density at radius 3 is 3.05 bits per heavy atom. The van der Waals surface area contributed by atoms with E-state index in [1.54, 1.807) is 12.5 Å². The molecule has 0 radical (unpaired) electrons. The SMILES string of the molecule is O=C(Nc1nnc(C2CC2)s1)[C@@H]1CC[C@H](Cn2ccnc2)O1. The summed E-state index contributed by atoms with van der Waals surface area (Å²) < 4.78 is 7.80. The van der Waals surface area contributed by atoms with Gasteiger partial charge >= 0.3 is 0 Å². The van der Waals surface area contributed by atoms with E-state index in [0.717, 1.165) is 24.4 Å². The normalized spacial score (nSPS) is 24.5. The Labute approximate surface area is 131 Å². The molecule has 1 aliphatic carbocycles. The van der Waals surface area contributed by atoms with Gasteiger partial charge in [0, 0.05) is 24.9 Å². The van der Waals surface area contributed by atoms with Crippen molar-refractivity contribution < 1.29 is 9.53 Å². The lowest BCUT2D eigenvalue weighted by atomic mass is 10.2. The number of aromatic nitrogens is 4. The number of anilines is 1. The molecule has 1 saturated carbocycles. The van der Waals surface area contributed by atoms with E-state index < -0.39 is 6.10 Å². The van der Waals surface area contributed by atoms with Crippen molar-refractivity contribution in [2.45, 2.75) is 50.4 Å². The quantitative estimate of drug-likeness (QED) is 0.908. The molecule has 7 nitrogen and oxygen atoms in total. The molecule has 1 N–H and O–H groups in total. The number of ether oxygens (including phenoxy) is 1. The second-order valence-electron chi connectivity index (χ2n) is 5.79. The molecular weight excluding hydrogens is 302 g/mol. The maximum atomic E-state index is 12.2. The van der Waals surface area contributed by atoms with Crippen molar-refractivity contribution in [3.05, 3.63) is 23.7 Å². The Kier molecular flexibility index (Phi) is 3.63. The van der Waals surface area contributed by atoms with Crippen molar-refractivity contribution >= 4 is 22.4 Å². The first kappa shape index (κ1) is 13.8. The van der Waals surface area contributed by atoms with E-state index in [-0.39, 0.29) is 12.0 Å². The summed E-state index contributed by atoms with van der Waals surface area (Å²) in [6.45, 7) is 0.731. The van der Waals surface area contributed by atoms with Crippen LogP contribution in [-0.2, 0) is 16.1 Å². The number of carbonyl (C=O) groups excluding carboxylic acids is 1. The van der Waals surface area contributed by atoms with Gasteiger partial charge in [0.25, 0.3) is 5.91 Å². The maximum absolute atomic E-state index is 12.2. The van der Waals surface area contributed by atoms with Crippen molar-refractivity contribution in [2.75, 3.05) is 5.32 Å². The minimum Gasteiger partial charge on any atom is -0.363 e. The zero-order chi connectivity index (χ0) is 14.9. The highest BCUT2D eigenvalue weighted by atomic mass is 32.1. The molecule has 2 aliphatic rings. The minimum absolute atomic E-state index is 0.0568. The molecule has 2 aromatic rings. The molecule has 1 amide bonds. The molecule has 8 heteroatoms. The van der Waals surface area contributed by atoms with Crippen molar-refractivity contribution in [1.82, 2.24) is 19.7 Å². The van der Waals surface area contributed by atoms with Crippen LogP contribution in [0.2, 0.25) is 0 Å². The van der Waals surface area contributed by atoms with Gasteiger partial charge in [-0.25, -0.2) is 4.98 Å². The highest BCUT2D eigenvalue weighted by Crippen LogP contribution is 2.42. The van der Waals surface area contributed by atoms with E-state index in [9.17, 15) is 4.79 Å². The van der Waals surface area contributed by atoms with Gasteiger partial charge in [-0.15, -0.1) is 10.2 Å². The van der Waals surface area contributed by atoms with Crippen molar-refractivity contribution in [1.29, 1.82) is 0 Å². The Morgan fingerprint density at radius 1 is 1.36 bits per heavy atom. The van der Waals surface area contributed by atoms with E-state index in [0.29, 0.717) is 11.0 Å². The second-order valence-corrected chi connectivity index (χ2v) is 6.80. The summed E-state index contributed by atoms with van der Waals surface area (Å²) in [5.74, 6) is 0.442. The molecule has 2 atom stereocenters. The van der Waals surface area contributed by atoms with Crippen LogP contribution in [0.1, 0.15) is 36.6 Å². The summed E-state index contributed by atoms with van der Waals surface area (Å²) >= 11 is 1.47. The van der Waals surface area contributed by atoms with Crippen LogP contribution < -0.4 is 5.32 Å². The van der Waals surface area contributed by atoms with Crippen molar-refractivity contribution in [3.63, 3.8) is 0 Å². The predicted octanol–water partition coefficient (Wildman–Crippen LogP) is 1.80. The van der Waals surface area contributed by atoms with Gasteiger partial charge in [-0.1, -0.05) is 11.3 Å². The fourth-order valence-corrected chi connectivity index (χ4v) is 3.54. The van der Waals surface area contributed by atoms with Crippen LogP contribution in [0.25, 0.3) is 0 Å². The predicted molar refractivity (Wildman–Crippen MR) is 80.6 cm³/mol. The molecule has 116 valence electrons. The number of hydrogen-bond acceptors (Lipinski definition) is 6. The number of nitrogens with zero attached hydrogens (tertiary/aromatic N) is 4. The van der Waals surface area contributed by atoms with Crippen LogP contribution in [0.5, 0.6) is 0 Å². The molecule has 2 fully saturated rings. The van der Waals surface area contributed by atoms with Crippen LogP contribution in [-0.4, -0.2) is 37.9 Å². The highest BCUT2D eigenvalue weighted by Gasteiger charge is 2.32. The summed E-state index contributed by atoms with van der Waals surface area (Å²) in [6.07, 6.45) is 9.04. The number of nitrogens with one attached hydrogen (secondary N) is 1. The number of amides is 1. The summed E-state index contributed by atoms with van der Waals surface area (Å²) in [4.78, 5) is 16.3. The largest absolute Gasteiger partial charge is 0.363 e. The Morgan fingerprint density at radius 2 is 2.27 bits per heavy atom. The van der Waals surface area contributed by atoms with E-state index in [1.807, 2.05) is 10.8 Å². The number of hydrogen-bond donors (Lipinski definition) is 1. The summed E-state index contributed by atoms with van der Waals surface area (Å²) in [5, 5.41) is 12.6. The monoisotopic (exact) mass is 319 g/mol. The number of imidazole rings is 1. The molecule has 0 aromatic carbocycles. The molecule has 1 aliphatic heterocycles. The van der Waals surface area contributed by atoms with Gasteiger partial charge in [0.15, 0.2) is 0 Å². The molecule has 2 aromatic heterocycles. The zero-order valence-electron chi connectivity index (χ0n) is 12.0. The first-order chi connectivity index (χ1) is 10.8. The fraction of sp³-hybridized carbons (Fsp3) is 0.571. The average molecular weight is 319 g/mol. The first-order valence-electron chi connectivity index (χ1n) is 7.53. The summed E-state index contributed by atoms with van der Waals surface area (Å²) in [6, 6.07) is 0. The van der Waals surface area contributed by atoms with Gasteiger partial charge in [0.05, 0.1) is 12.4 Å². The summed E-state index contributed by atoms with van der Waals surface area (Å²) in [5.41, 5.74) is 0. The van der Waals surface area contributed by atoms with Crippen molar-refractivity contribution in [3.8, 4) is 0 Å². The Balaban J connectivity index is 1.31. The summed E-state index contributed by atoms with van der Waals surface area (Å²) in [7, 11) is 0. The third kappa shape index (κ3) is 3.02. The minimum atomic E-state index is -0.401. The standard InChI is InChI=1S/C14H17N5O2S/c20-12(16-14-18-17-13(22-14)9-1-2-9)11-4-3-10(21-11)7-19-6-5-15-8-19/h5-6,8-11H,1-4,7H2,(H,16,18,20)/t10-,11+/m1/s1. The third-order valence-corrected chi connectivity index (χ3v) is 4.97. The fourth-order valence-electron chi connectivity index (χ4n) is 2.63. The number of rotatable bonds is 5. The second kappa shape index (κ2) is 5.77. The van der Waals surface area contributed by atoms with Crippen LogP contribution in [0.3, 0.4) is 0 Å². The van der Waals surface area contributed by atoms with E-state index in [4.69, 9.17) is 4.74 Å². The molecule has 1 saturated heterocycles. The Hall–Kier alpha value is -1.80. The average Bonchev–Trinajstić information content (AvgIpc) is 2.96. The molecular formula is C14H17N5O2S. The third-order valence-electron chi connectivity index (χ3n) is 3.97. The van der Waals surface area contributed by atoms with Gasteiger partial charge in [-0.3, -0.25) is 10.1 Å². The lowest BCUT2D eigenvalue weighted by Gasteiger charge is -2.13. The lowest BCUT2D eigenvalue weighted by Crippen LogP contribution is -2.28. The topological polar surface area (TPSA) is 81.9 Å². The van der Waals surface area contributed by atoms with Crippen LogP contribution in [0, 0.1) is 0 Å². The molecule has 0 bridgehead atoms.